The van der Waals surface area contributed by atoms with Crippen molar-refractivity contribution in [3.63, 3.8) is 0 Å². The second-order valence-corrected chi connectivity index (χ2v) is 7.56. The number of sulfonamides is 1. The number of amides is 1. The Labute approximate surface area is 104 Å². The Morgan fingerprint density at radius 2 is 2.00 bits per heavy atom. The zero-order valence-electron chi connectivity index (χ0n) is 11.0. The molecule has 0 aromatic rings. The van der Waals surface area contributed by atoms with Gasteiger partial charge in [0.15, 0.2) is 0 Å². The van der Waals surface area contributed by atoms with E-state index in [0.717, 1.165) is 12.8 Å². The van der Waals surface area contributed by atoms with Gasteiger partial charge in [0, 0.05) is 24.5 Å². The van der Waals surface area contributed by atoms with E-state index in [1.165, 1.54) is 10.6 Å². The number of hydrogen-bond acceptors (Lipinski definition) is 3. The summed E-state index contributed by atoms with van der Waals surface area (Å²) >= 11 is 0. The van der Waals surface area contributed by atoms with Crippen LogP contribution in [0.4, 0.5) is 0 Å². The molecule has 0 saturated carbocycles. The SMILES string of the molecule is CC(C)(C)C(=O)NCC1CCCN1S(C)(=O)=O. The van der Waals surface area contributed by atoms with Gasteiger partial charge in [-0.2, -0.15) is 4.31 Å². The van der Waals surface area contributed by atoms with Crippen molar-refractivity contribution in [3.8, 4) is 0 Å². The Bertz CT molecular complexity index is 384. The van der Waals surface area contributed by atoms with Crippen molar-refractivity contribution in [3.05, 3.63) is 0 Å². The van der Waals surface area contributed by atoms with E-state index in [1.54, 1.807) is 0 Å². The van der Waals surface area contributed by atoms with Crippen LogP contribution in [0.5, 0.6) is 0 Å². The highest BCUT2D eigenvalue weighted by atomic mass is 32.2. The summed E-state index contributed by atoms with van der Waals surface area (Å²) in [5, 5.41) is 2.82. The van der Waals surface area contributed by atoms with Crippen molar-refractivity contribution in [2.24, 2.45) is 5.41 Å². The lowest BCUT2D eigenvalue weighted by Crippen LogP contribution is -2.45. The molecule has 1 N–H and O–H groups in total. The Balaban J connectivity index is 2.56. The van der Waals surface area contributed by atoms with Crippen LogP contribution in [0.15, 0.2) is 0 Å². The molecule has 0 aliphatic carbocycles. The van der Waals surface area contributed by atoms with Gasteiger partial charge >= 0.3 is 0 Å². The molecular formula is C11H22N2O3S. The van der Waals surface area contributed by atoms with Gasteiger partial charge < -0.3 is 5.32 Å². The van der Waals surface area contributed by atoms with Crippen LogP contribution in [0.3, 0.4) is 0 Å². The molecule has 0 radical (unpaired) electrons. The molecule has 1 saturated heterocycles. The number of nitrogens with one attached hydrogen (secondary N) is 1. The second-order valence-electron chi connectivity index (χ2n) is 5.63. The summed E-state index contributed by atoms with van der Waals surface area (Å²) in [4.78, 5) is 11.7. The van der Waals surface area contributed by atoms with Crippen LogP contribution in [-0.2, 0) is 14.8 Å². The molecule has 1 heterocycles. The first kappa shape index (κ1) is 14.4. The smallest absolute Gasteiger partial charge is 0.225 e. The standard InChI is InChI=1S/C11H22N2O3S/c1-11(2,3)10(14)12-8-9-6-5-7-13(9)17(4,15)16/h9H,5-8H2,1-4H3,(H,12,14). The van der Waals surface area contributed by atoms with Gasteiger partial charge in [0.05, 0.1) is 6.26 Å². The number of carbonyl (C=O) groups excluding carboxylic acids is 1. The maximum Gasteiger partial charge on any atom is 0.225 e. The maximum absolute atomic E-state index is 11.7. The summed E-state index contributed by atoms with van der Waals surface area (Å²) in [7, 11) is -3.15. The normalized spacial score (nSPS) is 22.7. The Hall–Kier alpha value is -0.620. The number of hydrogen-bond donors (Lipinski definition) is 1. The molecule has 0 aromatic heterocycles. The maximum atomic E-state index is 11.7. The monoisotopic (exact) mass is 262 g/mol. The Kier molecular flexibility index (Phi) is 4.19. The molecule has 0 bridgehead atoms. The van der Waals surface area contributed by atoms with Crippen molar-refractivity contribution in [1.29, 1.82) is 0 Å². The van der Waals surface area contributed by atoms with E-state index < -0.39 is 15.4 Å². The van der Waals surface area contributed by atoms with Gasteiger partial charge in [0.25, 0.3) is 0 Å². The van der Waals surface area contributed by atoms with E-state index in [4.69, 9.17) is 0 Å². The minimum atomic E-state index is -3.15. The molecule has 1 rings (SSSR count). The molecule has 17 heavy (non-hydrogen) atoms. The minimum absolute atomic E-state index is 0.0437. The van der Waals surface area contributed by atoms with E-state index in [-0.39, 0.29) is 11.9 Å². The van der Waals surface area contributed by atoms with Crippen LogP contribution in [-0.4, -0.2) is 44.0 Å². The summed E-state index contributed by atoms with van der Waals surface area (Å²) in [6, 6.07) is -0.0868. The van der Waals surface area contributed by atoms with Gasteiger partial charge in [-0.15, -0.1) is 0 Å². The van der Waals surface area contributed by atoms with Gasteiger partial charge in [-0.3, -0.25) is 4.79 Å². The molecular weight excluding hydrogens is 240 g/mol. The van der Waals surface area contributed by atoms with Crippen LogP contribution in [0.2, 0.25) is 0 Å². The van der Waals surface area contributed by atoms with Crippen molar-refractivity contribution in [2.45, 2.75) is 39.7 Å². The van der Waals surface area contributed by atoms with E-state index in [1.807, 2.05) is 20.8 Å². The van der Waals surface area contributed by atoms with Crippen LogP contribution < -0.4 is 5.32 Å². The highest BCUT2D eigenvalue weighted by Crippen LogP contribution is 2.20. The molecule has 0 aromatic carbocycles. The molecule has 1 atom stereocenters. The summed E-state index contributed by atoms with van der Waals surface area (Å²) in [5.41, 5.74) is -0.436. The molecule has 1 aliphatic rings. The molecule has 6 heteroatoms. The summed E-state index contributed by atoms with van der Waals surface area (Å²) in [6.45, 7) is 6.49. The second kappa shape index (κ2) is 4.94. The first-order chi connectivity index (χ1) is 7.62. The van der Waals surface area contributed by atoms with Gasteiger partial charge in [-0.1, -0.05) is 20.8 Å². The third-order valence-corrected chi connectivity index (χ3v) is 4.26. The first-order valence-electron chi connectivity index (χ1n) is 5.87. The van der Waals surface area contributed by atoms with Crippen molar-refractivity contribution in [2.75, 3.05) is 19.3 Å². The Morgan fingerprint density at radius 3 is 2.47 bits per heavy atom. The van der Waals surface area contributed by atoms with Gasteiger partial charge in [0.1, 0.15) is 0 Å². The predicted octanol–water partition coefficient (Wildman–Crippen LogP) is 0.573. The Morgan fingerprint density at radius 1 is 1.41 bits per heavy atom. The van der Waals surface area contributed by atoms with Gasteiger partial charge in [-0.05, 0) is 12.8 Å². The highest BCUT2D eigenvalue weighted by Gasteiger charge is 2.32. The van der Waals surface area contributed by atoms with Crippen LogP contribution in [0.25, 0.3) is 0 Å². The third kappa shape index (κ3) is 3.96. The van der Waals surface area contributed by atoms with Gasteiger partial charge in [0.2, 0.25) is 15.9 Å². The van der Waals surface area contributed by atoms with E-state index in [9.17, 15) is 13.2 Å². The van der Waals surface area contributed by atoms with Crippen molar-refractivity contribution in [1.82, 2.24) is 9.62 Å². The van der Waals surface area contributed by atoms with Crippen LogP contribution in [0, 0.1) is 5.41 Å². The van der Waals surface area contributed by atoms with Crippen molar-refractivity contribution < 1.29 is 13.2 Å². The lowest BCUT2D eigenvalue weighted by Gasteiger charge is -2.24. The zero-order valence-corrected chi connectivity index (χ0v) is 11.8. The predicted molar refractivity (Wildman–Crippen MR) is 67.0 cm³/mol. The van der Waals surface area contributed by atoms with Crippen LogP contribution in [0.1, 0.15) is 33.6 Å². The summed E-state index contributed by atoms with van der Waals surface area (Å²) < 4.78 is 24.5. The van der Waals surface area contributed by atoms with E-state index >= 15 is 0 Å². The first-order valence-corrected chi connectivity index (χ1v) is 7.72. The average Bonchev–Trinajstić information content (AvgIpc) is 2.59. The molecule has 1 aliphatic heterocycles. The fourth-order valence-corrected chi connectivity index (χ4v) is 3.11. The minimum Gasteiger partial charge on any atom is -0.354 e. The molecule has 0 spiro atoms. The van der Waals surface area contributed by atoms with Crippen LogP contribution >= 0.6 is 0 Å². The molecule has 1 unspecified atom stereocenters. The van der Waals surface area contributed by atoms with Gasteiger partial charge in [-0.25, -0.2) is 8.42 Å². The fraction of sp³-hybridized carbons (Fsp3) is 0.909. The number of nitrogens with zero attached hydrogens (tertiary/aromatic N) is 1. The molecule has 100 valence electrons. The topological polar surface area (TPSA) is 66.5 Å². The summed E-state index contributed by atoms with van der Waals surface area (Å²) in [6.07, 6.45) is 2.90. The third-order valence-electron chi connectivity index (χ3n) is 2.93. The van der Waals surface area contributed by atoms with Crippen molar-refractivity contribution >= 4 is 15.9 Å². The molecule has 1 fully saturated rings. The largest absolute Gasteiger partial charge is 0.354 e. The fourth-order valence-electron chi connectivity index (χ4n) is 1.93. The lowest BCUT2D eigenvalue weighted by molar-refractivity contribution is -0.128. The van der Waals surface area contributed by atoms with E-state index in [2.05, 4.69) is 5.32 Å². The lowest BCUT2D eigenvalue weighted by atomic mass is 9.95. The number of rotatable bonds is 3. The molecule has 1 amide bonds. The quantitative estimate of drug-likeness (QED) is 0.808. The van der Waals surface area contributed by atoms with E-state index in [0.29, 0.717) is 13.1 Å². The average molecular weight is 262 g/mol. The molecule has 5 nitrogen and oxygen atoms in total. The number of carbonyl (C=O) groups is 1. The summed E-state index contributed by atoms with van der Waals surface area (Å²) in [5.74, 6) is -0.0437. The highest BCUT2D eigenvalue weighted by molar-refractivity contribution is 7.88. The zero-order chi connectivity index (χ0) is 13.3.